The Kier molecular flexibility index (Phi) is 9.51. The van der Waals surface area contributed by atoms with Crippen LogP contribution in [0.3, 0.4) is 0 Å². The van der Waals surface area contributed by atoms with Crippen LogP contribution >= 0.6 is 23.4 Å². The zero-order valence-corrected chi connectivity index (χ0v) is 12.9. The first-order valence-corrected chi connectivity index (χ1v) is 6.62. The van der Waals surface area contributed by atoms with Gasteiger partial charge in [-0.2, -0.15) is 0 Å². The van der Waals surface area contributed by atoms with Crippen molar-refractivity contribution >= 4 is 23.4 Å². The number of thioether (sulfide) groups is 1. The summed E-state index contributed by atoms with van der Waals surface area (Å²) in [5.41, 5.74) is 0. The van der Waals surface area contributed by atoms with Crippen molar-refractivity contribution in [3.63, 3.8) is 0 Å². The van der Waals surface area contributed by atoms with E-state index in [2.05, 4.69) is 0 Å². The Morgan fingerprint density at radius 1 is 1.29 bits per heavy atom. The van der Waals surface area contributed by atoms with Crippen molar-refractivity contribution in [2.45, 2.75) is 31.0 Å². The first kappa shape index (κ1) is 17.4. The van der Waals surface area contributed by atoms with Crippen LogP contribution in [0.4, 0.5) is 0 Å². The molecule has 0 bridgehead atoms. The molecule has 0 saturated carbocycles. The minimum absolute atomic E-state index is 0. The van der Waals surface area contributed by atoms with Crippen LogP contribution in [0.5, 0.6) is 0 Å². The molecular weight excluding hydrogens is 295 g/mol. The average Bonchev–Trinajstić information content (AvgIpc) is 2.25. The fourth-order valence-corrected chi connectivity index (χ4v) is 2.01. The third-order valence-corrected chi connectivity index (χ3v) is 3.29. The van der Waals surface area contributed by atoms with Crippen molar-refractivity contribution in [2.24, 2.45) is 0 Å². The normalized spacial score (nSPS) is 12.3. The summed E-state index contributed by atoms with van der Waals surface area (Å²) in [7, 11) is 0. The van der Waals surface area contributed by atoms with Gasteiger partial charge in [-0.1, -0.05) is 11.6 Å². The van der Waals surface area contributed by atoms with Crippen LogP contribution in [0.15, 0.2) is 29.2 Å². The standard InChI is InChI=1S/C12H17ClO2S.V/c1-9(2)15-7-11(14)8-16-12-5-3-10(13)4-6-12;/h3-6,9,11,14H,7-8H2,1-2H3;. The van der Waals surface area contributed by atoms with E-state index in [1.165, 1.54) is 0 Å². The third-order valence-electron chi connectivity index (χ3n) is 1.88. The molecule has 1 aromatic rings. The van der Waals surface area contributed by atoms with Crippen molar-refractivity contribution in [3.05, 3.63) is 29.3 Å². The fourth-order valence-electron chi connectivity index (χ4n) is 1.07. The van der Waals surface area contributed by atoms with E-state index in [4.69, 9.17) is 16.3 Å². The number of hydrogen-bond donors (Lipinski definition) is 1. The first-order valence-electron chi connectivity index (χ1n) is 5.26. The van der Waals surface area contributed by atoms with Gasteiger partial charge in [0.15, 0.2) is 0 Å². The van der Waals surface area contributed by atoms with Gasteiger partial charge in [0.2, 0.25) is 0 Å². The van der Waals surface area contributed by atoms with Gasteiger partial charge in [0.1, 0.15) is 0 Å². The van der Waals surface area contributed by atoms with Gasteiger partial charge in [-0.3, -0.25) is 0 Å². The first-order chi connectivity index (χ1) is 7.58. The molecule has 0 aliphatic carbocycles. The Bertz CT molecular complexity index is 306. The van der Waals surface area contributed by atoms with Gasteiger partial charge >= 0.3 is 0 Å². The van der Waals surface area contributed by atoms with E-state index in [-0.39, 0.29) is 24.7 Å². The molecule has 95 valence electrons. The Morgan fingerprint density at radius 2 is 1.88 bits per heavy atom. The van der Waals surface area contributed by atoms with Crippen LogP contribution in [-0.2, 0) is 23.3 Å². The molecule has 17 heavy (non-hydrogen) atoms. The number of aliphatic hydroxyl groups is 1. The second kappa shape index (κ2) is 9.32. The van der Waals surface area contributed by atoms with Gasteiger partial charge in [-0.25, -0.2) is 0 Å². The predicted octanol–water partition coefficient (Wildman–Crippen LogP) is 3.22. The summed E-state index contributed by atoms with van der Waals surface area (Å²) < 4.78 is 5.33. The number of rotatable bonds is 6. The molecule has 2 nitrogen and oxygen atoms in total. The van der Waals surface area contributed by atoms with E-state index in [9.17, 15) is 5.11 Å². The molecule has 0 amide bonds. The number of ether oxygens (including phenoxy) is 1. The van der Waals surface area contributed by atoms with Crippen LogP contribution in [0.25, 0.3) is 0 Å². The summed E-state index contributed by atoms with van der Waals surface area (Å²) in [6, 6.07) is 7.59. The van der Waals surface area contributed by atoms with Crippen molar-refractivity contribution in [1.82, 2.24) is 0 Å². The molecule has 5 heteroatoms. The fraction of sp³-hybridized carbons (Fsp3) is 0.500. The maximum atomic E-state index is 9.64. The smallest absolute Gasteiger partial charge is 0.0867 e. The molecule has 0 spiro atoms. The molecule has 0 aliphatic rings. The predicted molar refractivity (Wildman–Crippen MR) is 69.3 cm³/mol. The summed E-state index contributed by atoms with van der Waals surface area (Å²) in [5.74, 6) is 0.633. The molecule has 0 saturated heterocycles. The van der Waals surface area contributed by atoms with Crippen molar-refractivity contribution < 1.29 is 28.4 Å². The van der Waals surface area contributed by atoms with E-state index in [1.807, 2.05) is 38.1 Å². The monoisotopic (exact) mass is 311 g/mol. The van der Waals surface area contributed by atoms with Crippen molar-refractivity contribution in [1.29, 1.82) is 0 Å². The number of aliphatic hydroxyl groups excluding tert-OH is 1. The van der Waals surface area contributed by atoms with E-state index in [0.29, 0.717) is 12.4 Å². The average molecular weight is 312 g/mol. The summed E-state index contributed by atoms with van der Waals surface area (Å²) >= 11 is 7.38. The molecule has 1 N–H and O–H groups in total. The zero-order valence-electron chi connectivity index (χ0n) is 9.97. The largest absolute Gasteiger partial charge is 0.390 e. The molecule has 0 heterocycles. The van der Waals surface area contributed by atoms with Gasteiger partial charge < -0.3 is 9.84 Å². The Hall–Kier alpha value is 0.364. The molecule has 1 unspecified atom stereocenters. The Morgan fingerprint density at radius 3 is 2.41 bits per heavy atom. The number of halogens is 1. The van der Waals surface area contributed by atoms with E-state index < -0.39 is 6.10 Å². The molecular formula is C12H17ClO2SV. The molecule has 0 fully saturated rings. The van der Waals surface area contributed by atoms with Gasteiger partial charge in [-0.15, -0.1) is 11.8 Å². The Labute approximate surface area is 124 Å². The van der Waals surface area contributed by atoms with Crippen LogP contribution in [0, 0.1) is 0 Å². The third kappa shape index (κ3) is 8.14. The van der Waals surface area contributed by atoms with E-state index >= 15 is 0 Å². The summed E-state index contributed by atoms with van der Waals surface area (Å²) in [6.45, 7) is 4.30. The topological polar surface area (TPSA) is 29.5 Å². The summed E-state index contributed by atoms with van der Waals surface area (Å²) in [5, 5.41) is 10.4. The number of benzene rings is 1. The minimum atomic E-state index is -0.428. The van der Waals surface area contributed by atoms with Crippen LogP contribution in [0.2, 0.25) is 5.02 Å². The minimum Gasteiger partial charge on any atom is -0.390 e. The molecule has 1 radical (unpaired) electrons. The molecule has 0 aliphatic heterocycles. The van der Waals surface area contributed by atoms with Crippen LogP contribution in [0.1, 0.15) is 13.8 Å². The molecule has 1 aromatic carbocycles. The molecule has 1 rings (SSSR count). The molecule has 0 aromatic heterocycles. The quantitative estimate of drug-likeness (QED) is 0.818. The molecule has 1 atom stereocenters. The van der Waals surface area contributed by atoms with Crippen LogP contribution < -0.4 is 0 Å². The zero-order chi connectivity index (χ0) is 12.0. The number of hydrogen-bond acceptors (Lipinski definition) is 3. The van der Waals surface area contributed by atoms with Gasteiger partial charge in [0.25, 0.3) is 0 Å². The van der Waals surface area contributed by atoms with Gasteiger partial charge in [0.05, 0.1) is 18.8 Å². The van der Waals surface area contributed by atoms with Crippen molar-refractivity contribution in [3.8, 4) is 0 Å². The second-order valence-corrected chi connectivity index (χ2v) is 5.33. The van der Waals surface area contributed by atoms with Gasteiger partial charge in [0, 0.05) is 34.2 Å². The van der Waals surface area contributed by atoms with E-state index in [0.717, 1.165) is 9.92 Å². The Balaban J connectivity index is 0.00000256. The van der Waals surface area contributed by atoms with Crippen LogP contribution in [-0.4, -0.2) is 29.7 Å². The van der Waals surface area contributed by atoms with Gasteiger partial charge in [-0.05, 0) is 38.1 Å². The SMILES string of the molecule is CC(C)OCC(O)CSc1ccc(Cl)cc1.[V]. The second-order valence-electron chi connectivity index (χ2n) is 3.80. The maximum absolute atomic E-state index is 9.64. The summed E-state index contributed by atoms with van der Waals surface area (Å²) in [4.78, 5) is 1.10. The maximum Gasteiger partial charge on any atom is 0.0867 e. The van der Waals surface area contributed by atoms with E-state index in [1.54, 1.807) is 11.8 Å². The summed E-state index contributed by atoms with van der Waals surface area (Å²) in [6.07, 6.45) is -0.266. The van der Waals surface area contributed by atoms with Crippen molar-refractivity contribution in [2.75, 3.05) is 12.4 Å².